The van der Waals surface area contributed by atoms with Gasteiger partial charge in [0, 0.05) is 0 Å². The monoisotopic (exact) mass is 252 g/mol. The van der Waals surface area contributed by atoms with Gasteiger partial charge in [0.1, 0.15) is 0 Å². The summed E-state index contributed by atoms with van der Waals surface area (Å²) < 4.78 is 0. The minimum absolute atomic E-state index is 0.188. The lowest BCUT2D eigenvalue weighted by atomic mass is 9.68. The van der Waals surface area contributed by atoms with E-state index >= 15 is 0 Å². The Morgan fingerprint density at radius 3 is 2.26 bits per heavy atom. The second-order valence-corrected chi connectivity index (χ2v) is 5.77. The molecule has 0 amide bonds. The molecule has 2 rings (SSSR count). The molecular weight excluding hydrogens is 228 g/mol. The Bertz CT molecular complexity index is 527. The van der Waals surface area contributed by atoms with Gasteiger partial charge in [-0.05, 0) is 35.8 Å². The molecule has 0 aromatic heterocycles. The van der Waals surface area contributed by atoms with E-state index < -0.39 is 0 Å². The molecule has 19 heavy (non-hydrogen) atoms. The Morgan fingerprint density at radius 2 is 1.68 bits per heavy atom. The van der Waals surface area contributed by atoms with Crippen LogP contribution in [0.15, 0.2) is 54.6 Å². The van der Waals surface area contributed by atoms with Gasteiger partial charge in [-0.15, -0.1) is 0 Å². The van der Waals surface area contributed by atoms with Crippen LogP contribution in [0, 0.1) is 6.92 Å². The van der Waals surface area contributed by atoms with Crippen LogP contribution in [0.25, 0.3) is 0 Å². The summed E-state index contributed by atoms with van der Waals surface area (Å²) in [4.78, 5) is 0. The summed E-state index contributed by atoms with van der Waals surface area (Å²) in [5, 5.41) is 0. The smallest absolute Gasteiger partial charge is 0.00118 e. The van der Waals surface area contributed by atoms with Crippen LogP contribution >= 0.6 is 0 Å². The van der Waals surface area contributed by atoms with Gasteiger partial charge in [0.2, 0.25) is 0 Å². The lowest BCUT2D eigenvalue weighted by Crippen LogP contribution is -2.28. The number of aryl methyl sites for hydroxylation is 1. The quantitative estimate of drug-likeness (QED) is 0.677. The molecule has 0 bridgehead atoms. The molecule has 0 spiro atoms. The van der Waals surface area contributed by atoms with Gasteiger partial charge in [-0.3, -0.25) is 0 Å². The maximum atomic E-state index is 2.39. The topological polar surface area (TPSA) is 0 Å². The Balaban J connectivity index is 2.43. The minimum Gasteiger partial charge on any atom is -0.0645 e. The second-order valence-electron chi connectivity index (χ2n) is 5.77. The van der Waals surface area contributed by atoms with E-state index in [4.69, 9.17) is 0 Å². The molecule has 0 radical (unpaired) electrons. The second kappa shape index (κ2) is 5.61. The average Bonchev–Trinajstić information content (AvgIpc) is 2.46. The van der Waals surface area contributed by atoms with E-state index in [1.807, 2.05) is 0 Å². The van der Waals surface area contributed by atoms with E-state index in [1.54, 1.807) is 0 Å². The maximum absolute atomic E-state index is 2.39. The maximum Gasteiger partial charge on any atom is -0.00118 e. The van der Waals surface area contributed by atoms with Crippen molar-refractivity contribution in [2.24, 2.45) is 0 Å². The molecule has 0 aliphatic heterocycles. The Labute approximate surface area is 117 Å². The van der Waals surface area contributed by atoms with E-state index in [2.05, 4.69) is 82.3 Å². The van der Waals surface area contributed by atoms with Crippen LogP contribution < -0.4 is 0 Å². The first-order valence-electron chi connectivity index (χ1n) is 7.20. The molecule has 0 N–H and O–H groups in total. The summed E-state index contributed by atoms with van der Waals surface area (Å²) in [7, 11) is 0. The van der Waals surface area contributed by atoms with E-state index in [-0.39, 0.29) is 5.41 Å². The molecule has 2 aromatic rings. The van der Waals surface area contributed by atoms with Crippen LogP contribution in [0.2, 0.25) is 0 Å². The van der Waals surface area contributed by atoms with Gasteiger partial charge in [0.25, 0.3) is 0 Å². The van der Waals surface area contributed by atoms with Crippen molar-refractivity contribution < 1.29 is 0 Å². The fourth-order valence-electron chi connectivity index (χ4n) is 2.87. The van der Waals surface area contributed by atoms with Gasteiger partial charge in [0.15, 0.2) is 0 Å². The first-order valence-corrected chi connectivity index (χ1v) is 7.20. The molecular formula is C19H24. The lowest BCUT2D eigenvalue weighted by molar-refractivity contribution is 0.381. The number of hydrogen-bond donors (Lipinski definition) is 0. The van der Waals surface area contributed by atoms with Crippen molar-refractivity contribution in [1.29, 1.82) is 0 Å². The SMILES string of the molecule is CCC(C)(c1cccc(C)c1)C(C)c1ccccc1. The van der Waals surface area contributed by atoms with Gasteiger partial charge in [-0.1, -0.05) is 80.9 Å². The van der Waals surface area contributed by atoms with Gasteiger partial charge >= 0.3 is 0 Å². The standard InChI is InChI=1S/C19H24/c1-5-19(4,18-13-9-10-15(2)14-18)16(3)17-11-7-6-8-12-17/h6-14,16H,5H2,1-4H3. The zero-order valence-electron chi connectivity index (χ0n) is 12.5. The third-order valence-electron chi connectivity index (χ3n) is 4.67. The summed E-state index contributed by atoms with van der Waals surface area (Å²) >= 11 is 0. The van der Waals surface area contributed by atoms with Crippen molar-refractivity contribution in [3.05, 3.63) is 71.3 Å². The Kier molecular flexibility index (Phi) is 4.09. The van der Waals surface area contributed by atoms with E-state index in [9.17, 15) is 0 Å². The van der Waals surface area contributed by atoms with E-state index in [1.165, 1.54) is 16.7 Å². The normalized spacial score (nSPS) is 15.8. The molecule has 0 fully saturated rings. The average molecular weight is 252 g/mol. The summed E-state index contributed by atoms with van der Waals surface area (Å²) in [6, 6.07) is 19.8. The lowest BCUT2D eigenvalue weighted by Gasteiger charge is -2.36. The van der Waals surface area contributed by atoms with Crippen molar-refractivity contribution in [2.45, 2.75) is 45.4 Å². The van der Waals surface area contributed by atoms with Crippen molar-refractivity contribution in [3.8, 4) is 0 Å². The van der Waals surface area contributed by atoms with Crippen molar-refractivity contribution in [1.82, 2.24) is 0 Å². The summed E-state index contributed by atoms with van der Waals surface area (Å²) in [5.74, 6) is 0.514. The van der Waals surface area contributed by atoms with Gasteiger partial charge in [0.05, 0.1) is 0 Å². The third-order valence-corrected chi connectivity index (χ3v) is 4.67. The fourth-order valence-corrected chi connectivity index (χ4v) is 2.87. The molecule has 0 saturated carbocycles. The molecule has 2 aromatic carbocycles. The van der Waals surface area contributed by atoms with Crippen molar-refractivity contribution >= 4 is 0 Å². The summed E-state index contributed by atoms with van der Waals surface area (Å²) in [6.07, 6.45) is 1.15. The highest BCUT2D eigenvalue weighted by Crippen LogP contribution is 2.41. The van der Waals surface area contributed by atoms with Crippen LogP contribution in [0.5, 0.6) is 0 Å². The molecule has 0 heterocycles. The van der Waals surface area contributed by atoms with Gasteiger partial charge in [-0.25, -0.2) is 0 Å². The minimum atomic E-state index is 0.188. The largest absolute Gasteiger partial charge is 0.0645 e. The molecule has 0 aliphatic rings. The number of benzene rings is 2. The predicted octanol–water partition coefficient (Wildman–Crippen LogP) is 5.47. The first-order chi connectivity index (χ1) is 9.08. The van der Waals surface area contributed by atoms with Crippen LogP contribution in [-0.2, 0) is 5.41 Å². The first kappa shape index (κ1) is 13.9. The van der Waals surface area contributed by atoms with Crippen molar-refractivity contribution in [2.75, 3.05) is 0 Å². The van der Waals surface area contributed by atoms with Crippen LogP contribution in [0.3, 0.4) is 0 Å². The molecule has 0 nitrogen and oxygen atoms in total. The molecule has 100 valence electrons. The van der Waals surface area contributed by atoms with Crippen LogP contribution in [-0.4, -0.2) is 0 Å². The Morgan fingerprint density at radius 1 is 1.00 bits per heavy atom. The van der Waals surface area contributed by atoms with Crippen molar-refractivity contribution in [3.63, 3.8) is 0 Å². The van der Waals surface area contributed by atoms with Gasteiger partial charge < -0.3 is 0 Å². The van der Waals surface area contributed by atoms with E-state index in [0.29, 0.717) is 5.92 Å². The van der Waals surface area contributed by atoms with Gasteiger partial charge in [-0.2, -0.15) is 0 Å². The Hall–Kier alpha value is -1.56. The molecule has 0 heteroatoms. The van der Waals surface area contributed by atoms with E-state index in [0.717, 1.165) is 6.42 Å². The molecule has 0 saturated heterocycles. The fraction of sp³-hybridized carbons (Fsp3) is 0.368. The zero-order valence-corrected chi connectivity index (χ0v) is 12.5. The highest BCUT2D eigenvalue weighted by molar-refractivity contribution is 5.34. The van der Waals surface area contributed by atoms with Crippen LogP contribution in [0.4, 0.5) is 0 Å². The highest BCUT2D eigenvalue weighted by atomic mass is 14.4. The third kappa shape index (κ3) is 2.73. The highest BCUT2D eigenvalue weighted by Gasteiger charge is 2.32. The molecule has 0 aliphatic carbocycles. The van der Waals surface area contributed by atoms with Crippen LogP contribution in [0.1, 0.15) is 49.8 Å². The summed E-state index contributed by atoms with van der Waals surface area (Å²) in [6.45, 7) is 9.20. The zero-order chi connectivity index (χ0) is 13.9. The molecule has 2 atom stereocenters. The summed E-state index contributed by atoms with van der Waals surface area (Å²) in [5.41, 5.74) is 4.41. The predicted molar refractivity (Wildman–Crippen MR) is 83.7 cm³/mol. The molecule has 2 unspecified atom stereocenters. The number of rotatable bonds is 4. The number of hydrogen-bond acceptors (Lipinski definition) is 0.